The van der Waals surface area contributed by atoms with E-state index in [0.29, 0.717) is 18.5 Å². The summed E-state index contributed by atoms with van der Waals surface area (Å²) in [6, 6.07) is 5.91. The molecule has 3 N–H and O–H groups in total. The van der Waals surface area contributed by atoms with Gasteiger partial charge in [0.05, 0.1) is 17.4 Å². The maximum Gasteiger partial charge on any atom is 0.335 e. The van der Waals surface area contributed by atoms with Gasteiger partial charge in [-0.15, -0.1) is 0 Å². The van der Waals surface area contributed by atoms with Gasteiger partial charge in [0.2, 0.25) is 5.91 Å². The number of carbonyl (C=O) groups is 3. The molecule has 0 aromatic heterocycles. The first-order chi connectivity index (χ1) is 9.99. The van der Waals surface area contributed by atoms with Crippen molar-refractivity contribution in [3.63, 3.8) is 0 Å². The molecule has 1 saturated carbocycles. The summed E-state index contributed by atoms with van der Waals surface area (Å²) in [5.41, 5.74) is 0.445. The van der Waals surface area contributed by atoms with E-state index in [9.17, 15) is 19.5 Å². The van der Waals surface area contributed by atoms with Crippen molar-refractivity contribution in [2.24, 2.45) is 11.8 Å². The fraction of sp³-hybridized carbons (Fsp3) is 0.400. The highest BCUT2D eigenvalue weighted by Gasteiger charge is 2.35. The summed E-state index contributed by atoms with van der Waals surface area (Å²) in [4.78, 5) is 34.3. The Morgan fingerprint density at radius 3 is 2.33 bits per heavy atom. The zero-order valence-electron chi connectivity index (χ0n) is 11.4. The minimum Gasteiger partial charge on any atom is -0.481 e. The van der Waals surface area contributed by atoms with Crippen LogP contribution in [0.25, 0.3) is 0 Å². The van der Waals surface area contributed by atoms with E-state index in [0.717, 1.165) is 12.8 Å². The smallest absolute Gasteiger partial charge is 0.335 e. The molecule has 112 valence electrons. The summed E-state index contributed by atoms with van der Waals surface area (Å²) in [7, 11) is 0. The van der Waals surface area contributed by atoms with Crippen molar-refractivity contribution >= 4 is 23.5 Å². The molecular weight excluding hydrogens is 274 g/mol. The van der Waals surface area contributed by atoms with Gasteiger partial charge in [-0.1, -0.05) is 18.9 Å². The van der Waals surface area contributed by atoms with Crippen LogP contribution in [-0.4, -0.2) is 28.1 Å². The summed E-state index contributed by atoms with van der Waals surface area (Å²) in [6.07, 6.45) is 2.69. The number of benzene rings is 1. The van der Waals surface area contributed by atoms with Gasteiger partial charge in [-0.2, -0.15) is 0 Å². The van der Waals surface area contributed by atoms with Crippen molar-refractivity contribution in [2.75, 3.05) is 5.32 Å². The summed E-state index contributed by atoms with van der Waals surface area (Å²) < 4.78 is 0. The van der Waals surface area contributed by atoms with Gasteiger partial charge >= 0.3 is 11.9 Å². The van der Waals surface area contributed by atoms with Crippen LogP contribution in [-0.2, 0) is 9.59 Å². The lowest BCUT2D eigenvalue weighted by molar-refractivity contribution is -0.147. The van der Waals surface area contributed by atoms with Crippen LogP contribution in [0.1, 0.15) is 36.0 Å². The fourth-order valence-corrected chi connectivity index (χ4v) is 2.71. The molecule has 0 heterocycles. The van der Waals surface area contributed by atoms with E-state index in [1.165, 1.54) is 18.2 Å². The first-order valence-electron chi connectivity index (χ1n) is 6.86. The van der Waals surface area contributed by atoms with E-state index < -0.39 is 23.8 Å². The van der Waals surface area contributed by atoms with Crippen molar-refractivity contribution in [1.82, 2.24) is 0 Å². The summed E-state index contributed by atoms with van der Waals surface area (Å²) in [5, 5.41) is 20.7. The predicted molar refractivity (Wildman–Crippen MR) is 75.1 cm³/mol. The van der Waals surface area contributed by atoms with Crippen LogP contribution in [0, 0.1) is 11.8 Å². The van der Waals surface area contributed by atoms with E-state index in [1.54, 1.807) is 6.07 Å². The Bertz CT molecular complexity index is 569. The van der Waals surface area contributed by atoms with Gasteiger partial charge in [0, 0.05) is 5.69 Å². The number of anilines is 1. The van der Waals surface area contributed by atoms with Gasteiger partial charge in [0.15, 0.2) is 0 Å². The molecule has 2 rings (SSSR count). The number of carboxylic acid groups (broad SMARTS) is 2. The predicted octanol–water partition coefficient (Wildman–Crippen LogP) is 2.21. The maximum atomic E-state index is 12.2. The SMILES string of the molecule is O=C(O)c1cccc(NC(=O)[C@H]2CCCC[C@@H]2C(=O)O)c1. The van der Waals surface area contributed by atoms with Gasteiger partial charge in [0.1, 0.15) is 0 Å². The molecule has 0 saturated heterocycles. The van der Waals surface area contributed by atoms with E-state index in [4.69, 9.17) is 5.11 Å². The van der Waals surface area contributed by atoms with Crippen LogP contribution in [0.5, 0.6) is 0 Å². The van der Waals surface area contributed by atoms with Crippen LogP contribution in [0.2, 0.25) is 0 Å². The van der Waals surface area contributed by atoms with Gasteiger partial charge in [-0.3, -0.25) is 9.59 Å². The highest BCUT2D eigenvalue weighted by molar-refractivity contribution is 5.96. The Hall–Kier alpha value is -2.37. The minimum atomic E-state index is -1.08. The zero-order chi connectivity index (χ0) is 15.4. The lowest BCUT2D eigenvalue weighted by Gasteiger charge is -2.27. The van der Waals surface area contributed by atoms with Crippen LogP contribution in [0.3, 0.4) is 0 Å². The zero-order valence-corrected chi connectivity index (χ0v) is 11.4. The second kappa shape index (κ2) is 6.39. The first kappa shape index (κ1) is 15.0. The molecule has 0 spiro atoms. The van der Waals surface area contributed by atoms with Crippen molar-refractivity contribution in [2.45, 2.75) is 25.7 Å². The molecule has 6 nitrogen and oxygen atoms in total. The number of carboxylic acids is 2. The Morgan fingerprint density at radius 2 is 1.71 bits per heavy atom. The van der Waals surface area contributed by atoms with Gasteiger partial charge in [-0.05, 0) is 31.0 Å². The molecule has 1 fully saturated rings. The number of hydrogen-bond donors (Lipinski definition) is 3. The molecule has 6 heteroatoms. The molecule has 21 heavy (non-hydrogen) atoms. The van der Waals surface area contributed by atoms with Crippen molar-refractivity contribution in [3.8, 4) is 0 Å². The first-order valence-corrected chi connectivity index (χ1v) is 6.86. The van der Waals surface area contributed by atoms with Crippen molar-refractivity contribution in [3.05, 3.63) is 29.8 Å². The highest BCUT2D eigenvalue weighted by Crippen LogP contribution is 2.31. The Labute approximate surface area is 121 Å². The lowest BCUT2D eigenvalue weighted by Crippen LogP contribution is -2.36. The van der Waals surface area contributed by atoms with Gasteiger partial charge < -0.3 is 15.5 Å². The summed E-state index contributed by atoms with van der Waals surface area (Å²) >= 11 is 0. The Balaban J connectivity index is 2.11. The number of aliphatic carboxylic acids is 1. The monoisotopic (exact) mass is 291 g/mol. The van der Waals surface area contributed by atoms with E-state index >= 15 is 0 Å². The van der Waals surface area contributed by atoms with E-state index in [-0.39, 0.29) is 11.5 Å². The topological polar surface area (TPSA) is 104 Å². The van der Waals surface area contributed by atoms with Crippen molar-refractivity contribution in [1.29, 1.82) is 0 Å². The quantitative estimate of drug-likeness (QED) is 0.789. The Morgan fingerprint density at radius 1 is 1.05 bits per heavy atom. The molecule has 1 amide bonds. The third-order valence-electron chi connectivity index (χ3n) is 3.80. The highest BCUT2D eigenvalue weighted by atomic mass is 16.4. The average Bonchev–Trinajstić information content (AvgIpc) is 2.47. The molecule has 1 aliphatic rings. The third-order valence-corrected chi connectivity index (χ3v) is 3.80. The lowest BCUT2D eigenvalue weighted by atomic mass is 9.78. The van der Waals surface area contributed by atoms with Crippen LogP contribution in [0.15, 0.2) is 24.3 Å². The summed E-state index contributed by atoms with van der Waals surface area (Å²) in [6.45, 7) is 0. The molecule has 0 unspecified atom stereocenters. The average molecular weight is 291 g/mol. The molecular formula is C15H17NO5. The fourth-order valence-electron chi connectivity index (χ4n) is 2.71. The number of aromatic carboxylic acids is 1. The van der Waals surface area contributed by atoms with Crippen LogP contribution >= 0.6 is 0 Å². The van der Waals surface area contributed by atoms with Gasteiger partial charge in [-0.25, -0.2) is 4.79 Å². The summed E-state index contributed by atoms with van der Waals surface area (Å²) in [5.74, 6) is -3.61. The minimum absolute atomic E-state index is 0.0752. The van der Waals surface area contributed by atoms with Crippen LogP contribution < -0.4 is 5.32 Å². The molecule has 1 aromatic carbocycles. The second-order valence-electron chi connectivity index (χ2n) is 5.21. The largest absolute Gasteiger partial charge is 0.481 e. The number of rotatable bonds is 4. The number of carbonyl (C=O) groups excluding carboxylic acids is 1. The Kier molecular flexibility index (Phi) is 4.57. The van der Waals surface area contributed by atoms with Gasteiger partial charge in [0.25, 0.3) is 0 Å². The number of hydrogen-bond acceptors (Lipinski definition) is 3. The number of nitrogens with one attached hydrogen (secondary N) is 1. The third kappa shape index (κ3) is 3.59. The maximum absolute atomic E-state index is 12.2. The standard InChI is InChI=1S/C15H17NO5/c17-13(11-6-1-2-7-12(11)15(20)21)16-10-5-3-4-9(8-10)14(18)19/h3-5,8,11-12H,1-2,6-7H2,(H,16,17)(H,18,19)(H,20,21)/t11-,12-/m0/s1. The van der Waals surface area contributed by atoms with E-state index in [2.05, 4.69) is 5.32 Å². The molecule has 2 atom stereocenters. The number of amides is 1. The molecule has 0 aliphatic heterocycles. The second-order valence-corrected chi connectivity index (χ2v) is 5.21. The van der Waals surface area contributed by atoms with Crippen LogP contribution in [0.4, 0.5) is 5.69 Å². The molecule has 0 radical (unpaired) electrons. The normalized spacial score (nSPS) is 21.5. The van der Waals surface area contributed by atoms with E-state index in [1.807, 2.05) is 0 Å². The molecule has 1 aliphatic carbocycles. The molecule has 1 aromatic rings. The van der Waals surface area contributed by atoms with Crippen molar-refractivity contribution < 1.29 is 24.6 Å². The molecule has 0 bridgehead atoms.